The number of carbonyl (C=O) groups excluding carboxylic acids is 2. The molecule has 3 heterocycles. The Kier molecular flexibility index (Phi) is 11.4. The zero-order chi connectivity index (χ0) is 34.5. The first-order valence-corrected chi connectivity index (χ1v) is 19.2. The Morgan fingerprint density at radius 3 is 2.22 bits per heavy atom. The zero-order valence-corrected chi connectivity index (χ0v) is 30.1. The summed E-state index contributed by atoms with van der Waals surface area (Å²) in [7, 11) is 0. The van der Waals surface area contributed by atoms with Crippen LogP contribution in [0.3, 0.4) is 0 Å². The summed E-state index contributed by atoms with van der Waals surface area (Å²) in [5.41, 5.74) is 4.32. The van der Waals surface area contributed by atoms with E-state index in [0.29, 0.717) is 23.0 Å². The smallest absolute Gasteiger partial charge is 0.310 e. The van der Waals surface area contributed by atoms with Crippen LogP contribution in [-0.2, 0) is 22.4 Å². The molecule has 2 aromatic heterocycles. The number of ketones is 1. The Morgan fingerprint density at radius 2 is 1.61 bits per heavy atom. The fraction of sp³-hybridized carbons (Fsp3) is 0.537. The van der Waals surface area contributed by atoms with Crippen LogP contribution in [0.2, 0.25) is 0 Å². The molecule has 2 fully saturated rings. The average molecular weight is 682 g/mol. The fourth-order valence-corrected chi connectivity index (χ4v) is 9.18. The highest BCUT2D eigenvalue weighted by Crippen LogP contribution is 2.41. The molecule has 8 heteroatoms. The Labute approximate surface area is 295 Å². The number of thiophene rings is 1. The minimum absolute atomic E-state index is 0.0403. The van der Waals surface area contributed by atoms with Gasteiger partial charge in [0.1, 0.15) is 0 Å². The molecule has 0 spiro atoms. The van der Waals surface area contributed by atoms with E-state index < -0.39 is 17.8 Å². The number of carboxylic acids is 1. The summed E-state index contributed by atoms with van der Waals surface area (Å²) >= 11 is 1.51. The number of aliphatic carboxylic acids is 1. The number of nitrogens with zero attached hydrogens (tertiary/aromatic N) is 3. The summed E-state index contributed by atoms with van der Waals surface area (Å²) in [5, 5.41) is 9.33. The molecule has 1 aromatic carbocycles. The van der Waals surface area contributed by atoms with Crippen LogP contribution in [0.4, 0.5) is 0 Å². The molecular weight excluding hydrogens is 631 g/mol. The third-order valence-corrected chi connectivity index (χ3v) is 12.3. The lowest BCUT2D eigenvalue weighted by atomic mass is 9.71. The van der Waals surface area contributed by atoms with Gasteiger partial charge in [-0.2, -0.15) is 0 Å². The molecule has 2 aliphatic carbocycles. The van der Waals surface area contributed by atoms with Gasteiger partial charge in [0.25, 0.3) is 0 Å². The van der Waals surface area contributed by atoms with Crippen molar-refractivity contribution < 1.29 is 19.5 Å². The fourth-order valence-electron chi connectivity index (χ4n) is 8.01. The number of hydrogen-bond donors (Lipinski definition) is 1. The summed E-state index contributed by atoms with van der Waals surface area (Å²) in [6.45, 7) is 7.03. The standard InChI is InChI=1S/C41H51N3O4S/c1-4-27-5-9-29(10-6-27)30-13-15-31(16-14-30)34-22-42-39(43-23-34)32-11-7-28(8-12-32)20-33(40(46)44-24-35(25-44)41(47)48)21-37(45)38-18-17-36(49-38)19-26(2)3/h7-8,11-12,15,17-18,22-23,26-27,29-30,33,35H,4-6,9-10,13-14,16,19-21,24-25H2,1-3H3,(H,47,48)/t27?,29?,30?,33-/m1/s1. The lowest BCUT2D eigenvalue weighted by molar-refractivity contribution is -0.154. The number of likely N-dealkylation sites (tertiary alicyclic amines) is 1. The Hall–Kier alpha value is -3.65. The van der Waals surface area contributed by atoms with Gasteiger partial charge in [0.15, 0.2) is 11.6 Å². The maximum Gasteiger partial charge on any atom is 0.310 e. The van der Waals surface area contributed by atoms with Gasteiger partial charge in [0.2, 0.25) is 5.91 Å². The van der Waals surface area contributed by atoms with E-state index >= 15 is 0 Å². The van der Waals surface area contributed by atoms with Crippen LogP contribution in [0.1, 0.15) is 104 Å². The molecule has 1 amide bonds. The van der Waals surface area contributed by atoms with Crippen molar-refractivity contribution in [2.24, 2.45) is 35.5 Å². The highest BCUT2D eigenvalue weighted by atomic mass is 32.1. The number of allylic oxidation sites excluding steroid dienone is 2. The summed E-state index contributed by atoms with van der Waals surface area (Å²) in [6.07, 6.45) is 18.2. The number of carbonyl (C=O) groups is 3. The molecule has 2 atom stereocenters. The molecule has 1 aliphatic heterocycles. The minimum Gasteiger partial charge on any atom is -0.481 e. The second kappa shape index (κ2) is 15.9. The molecule has 0 radical (unpaired) electrons. The van der Waals surface area contributed by atoms with Crippen molar-refractivity contribution in [3.05, 3.63) is 75.7 Å². The lowest BCUT2D eigenvalue weighted by Crippen LogP contribution is -2.55. The molecule has 6 rings (SSSR count). The van der Waals surface area contributed by atoms with E-state index in [-0.39, 0.29) is 31.2 Å². The largest absolute Gasteiger partial charge is 0.481 e. The van der Waals surface area contributed by atoms with Gasteiger partial charge in [-0.25, -0.2) is 9.97 Å². The predicted molar refractivity (Wildman–Crippen MR) is 195 cm³/mol. The van der Waals surface area contributed by atoms with E-state index in [4.69, 9.17) is 9.97 Å². The van der Waals surface area contributed by atoms with Crippen molar-refractivity contribution in [1.82, 2.24) is 14.9 Å². The third kappa shape index (κ3) is 8.75. The quantitative estimate of drug-likeness (QED) is 0.181. The van der Waals surface area contributed by atoms with E-state index in [2.05, 4.69) is 26.8 Å². The van der Waals surface area contributed by atoms with Crippen LogP contribution in [0.15, 0.2) is 54.9 Å². The van der Waals surface area contributed by atoms with Gasteiger partial charge in [-0.1, -0.05) is 70.4 Å². The number of aromatic nitrogens is 2. The normalized spacial score (nSPS) is 22.0. The van der Waals surface area contributed by atoms with Crippen molar-refractivity contribution in [2.75, 3.05) is 13.1 Å². The molecule has 49 heavy (non-hydrogen) atoms. The van der Waals surface area contributed by atoms with Gasteiger partial charge in [-0.3, -0.25) is 14.4 Å². The van der Waals surface area contributed by atoms with E-state index in [1.165, 1.54) is 66.7 Å². The third-order valence-electron chi connectivity index (χ3n) is 11.2. The summed E-state index contributed by atoms with van der Waals surface area (Å²) in [4.78, 5) is 51.2. The first kappa shape index (κ1) is 35.2. The molecule has 3 aliphatic rings. The van der Waals surface area contributed by atoms with Crippen molar-refractivity contribution >= 4 is 34.6 Å². The Morgan fingerprint density at radius 1 is 0.898 bits per heavy atom. The van der Waals surface area contributed by atoms with Crippen LogP contribution in [-0.4, -0.2) is 50.7 Å². The van der Waals surface area contributed by atoms with E-state index in [0.717, 1.165) is 47.3 Å². The van der Waals surface area contributed by atoms with Gasteiger partial charge >= 0.3 is 5.97 Å². The highest BCUT2D eigenvalue weighted by Gasteiger charge is 2.39. The molecule has 0 bridgehead atoms. The topological polar surface area (TPSA) is 100 Å². The molecular formula is C41H51N3O4S. The molecule has 1 saturated carbocycles. The van der Waals surface area contributed by atoms with E-state index in [1.54, 1.807) is 4.90 Å². The van der Waals surface area contributed by atoms with Gasteiger partial charge in [0.05, 0.1) is 10.8 Å². The first-order valence-electron chi connectivity index (χ1n) is 18.4. The number of hydrogen-bond acceptors (Lipinski definition) is 6. The van der Waals surface area contributed by atoms with Crippen molar-refractivity contribution in [3.8, 4) is 11.4 Å². The summed E-state index contributed by atoms with van der Waals surface area (Å²) < 4.78 is 0. The molecule has 1 saturated heterocycles. The number of Topliss-reactive ketones (excluding diaryl/α,β-unsaturated/α-hetero) is 1. The van der Waals surface area contributed by atoms with Crippen molar-refractivity contribution in [3.63, 3.8) is 0 Å². The maximum atomic E-state index is 13.5. The van der Waals surface area contributed by atoms with Gasteiger partial charge < -0.3 is 10.0 Å². The molecule has 260 valence electrons. The molecule has 3 aromatic rings. The summed E-state index contributed by atoms with van der Waals surface area (Å²) in [6, 6.07) is 11.8. The average Bonchev–Trinajstić information content (AvgIpc) is 3.56. The van der Waals surface area contributed by atoms with Crippen molar-refractivity contribution in [1.29, 1.82) is 0 Å². The summed E-state index contributed by atoms with van der Waals surface area (Å²) in [5.74, 6) is 1.63. The Bertz CT molecular complexity index is 1630. The van der Waals surface area contributed by atoms with Crippen LogP contribution >= 0.6 is 11.3 Å². The first-order chi connectivity index (χ1) is 23.7. The predicted octanol–water partition coefficient (Wildman–Crippen LogP) is 8.78. The van der Waals surface area contributed by atoms with Crippen LogP contribution in [0, 0.1) is 35.5 Å². The van der Waals surface area contributed by atoms with Gasteiger partial charge in [-0.15, -0.1) is 11.3 Å². The second-order valence-corrected chi connectivity index (χ2v) is 16.3. The molecule has 1 unspecified atom stereocenters. The molecule has 7 nitrogen and oxygen atoms in total. The number of rotatable bonds is 13. The van der Waals surface area contributed by atoms with Crippen LogP contribution in [0.5, 0.6) is 0 Å². The monoisotopic (exact) mass is 681 g/mol. The zero-order valence-electron chi connectivity index (χ0n) is 29.3. The number of amides is 1. The highest BCUT2D eigenvalue weighted by molar-refractivity contribution is 7.14. The number of carboxylic acid groups (broad SMARTS) is 1. The van der Waals surface area contributed by atoms with E-state index in [9.17, 15) is 19.5 Å². The maximum absolute atomic E-state index is 13.5. The van der Waals surface area contributed by atoms with Crippen molar-refractivity contribution in [2.45, 2.75) is 91.4 Å². The molecule has 1 N–H and O–H groups in total. The van der Waals surface area contributed by atoms with Crippen LogP contribution in [0.25, 0.3) is 17.0 Å². The Balaban J connectivity index is 1.08. The van der Waals surface area contributed by atoms with Gasteiger partial charge in [0, 0.05) is 53.8 Å². The second-order valence-electron chi connectivity index (χ2n) is 15.1. The van der Waals surface area contributed by atoms with E-state index in [1.807, 2.05) is 48.8 Å². The SMILES string of the molecule is CCC1CCC(C2CC=C(c3cnc(-c4ccc(C[C@H](CC(=O)c5ccc(CC(C)C)s5)C(=O)N5CC(C(=O)O)C5)cc4)nc3)CC2)CC1. The lowest BCUT2D eigenvalue weighted by Gasteiger charge is -2.38. The minimum atomic E-state index is -0.886. The van der Waals surface area contributed by atoms with Gasteiger partial charge in [-0.05, 0) is 91.9 Å². The number of benzene rings is 1. The van der Waals surface area contributed by atoms with Crippen LogP contribution < -0.4 is 0 Å².